The zero-order valence-corrected chi connectivity index (χ0v) is 13.8. The second-order valence-corrected chi connectivity index (χ2v) is 6.04. The number of carbonyl (C=O) groups excluding carboxylic acids is 2. The molecule has 1 aliphatic heterocycles. The first-order valence-electron chi connectivity index (χ1n) is 8.17. The fourth-order valence-corrected chi connectivity index (χ4v) is 3.21. The Morgan fingerprint density at radius 3 is 2.64 bits per heavy atom. The summed E-state index contributed by atoms with van der Waals surface area (Å²) in [6.45, 7) is 6.56. The highest BCUT2D eigenvalue weighted by Gasteiger charge is 2.27. The van der Waals surface area contributed by atoms with Crippen LogP contribution < -0.4 is 4.90 Å². The maximum absolute atomic E-state index is 12.7. The highest BCUT2D eigenvalue weighted by Crippen LogP contribution is 2.22. The van der Waals surface area contributed by atoms with Gasteiger partial charge in [-0.1, -0.05) is 25.1 Å². The molecule has 0 aromatic heterocycles. The average Bonchev–Trinajstić information content (AvgIpc) is 2.53. The van der Waals surface area contributed by atoms with Gasteiger partial charge >= 0.3 is 0 Å². The molecular weight excluding hydrogens is 276 g/mol. The van der Waals surface area contributed by atoms with Crippen molar-refractivity contribution in [2.24, 2.45) is 0 Å². The molecule has 4 nitrogen and oxygen atoms in total. The van der Waals surface area contributed by atoms with Gasteiger partial charge in [-0.3, -0.25) is 9.59 Å². The van der Waals surface area contributed by atoms with Crippen LogP contribution in [0.3, 0.4) is 0 Å². The molecule has 0 bridgehead atoms. The number of hydrogen-bond donors (Lipinski definition) is 0. The fraction of sp³-hybridized carbons (Fsp3) is 0.556. The van der Waals surface area contributed by atoms with Crippen molar-refractivity contribution < 1.29 is 9.59 Å². The first kappa shape index (κ1) is 16.5. The number of para-hydroxylation sites is 1. The molecule has 0 saturated carbocycles. The number of nitrogens with zero attached hydrogens (tertiary/aromatic N) is 2. The van der Waals surface area contributed by atoms with Gasteiger partial charge in [0.1, 0.15) is 6.54 Å². The van der Waals surface area contributed by atoms with Gasteiger partial charge < -0.3 is 9.80 Å². The van der Waals surface area contributed by atoms with Crippen LogP contribution in [-0.4, -0.2) is 35.8 Å². The summed E-state index contributed by atoms with van der Waals surface area (Å²) >= 11 is 0. The number of hydrogen-bond acceptors (Lipinski definition) is 2. The lowest BCUT2D eigenvalue weighted by Gasteiger charge is -2.36. The Morgan fingerprint density at radius 2 is 2.00 bits per heavy atom. The minimum Gasteiger partial charge on any atom is -0.338 e. The van der Waals surface area contributed by atoms with Crippen molar-refractivity contribution in [3.05, 3.63) is 29.8 Å². The van der Waals surface area contributed by atoms with Crippen LogP contribution in [0, 0.1) is 6.92 Å². The van der Waals surface area contributed by atoms with Gasteiger partial charge in [-0.2, -0.15) is 0 Å². The van der Waals surface area contributed by atoms with E-state index in [1.807, 2.05) is 36.1 Å². The molecule has 1 aromatic rings. The number of amides is 2. The molecule has 1 unspecified atom stereocenters. The molecule has 1 atom stereocenters. The summed E-state index contributed by atoms with van der Waals surface area (Å²) in [6, 6.07) is 8.03. The van der Waals surface area contributed by atoms with E-state index in [4.69, 9.17) is 0 Å². The van der Waals surface area contributed by atoms with Crippen LogP contribution in [0.5, 0.6) is 0 Å². The van der Waals surface area contributed by atoms with Crippen molar-refractivity contribution in [3.8, 4) is 0 Å². The lowest BCUT2D eigenvalue weighted by atomic mass is 10.00. The van der Waals surface area contributed by atoms with Crippen LogP contribution in [-0.2, 0) is 9.59 Å². The summed E-state index contributed by atoms with van der Waals surface area (Å²) in [7, 11) is 0. The van der Waals surface area contributed by atoms with E-state index in [2.05, 4.69) is 6.92 Å². The van der Waals surface area contributed by atoms with Crippen LogP contribution in [0.4, 0.5) is 5.69 Å². The molecule has 0 spiro atoms. The zero-order valence-electron chi connectivity index (χ0n) is 13.8. The van der Waals surface area contributed by atoms with E-state index in [9.17, 15) is 9.59 Å². The number of anilines is 1. The maximum Gasteiger partial charge on any atom is 0.242 e. The van der Waals surface area contributed by atoms with Crippen molar-refractivity contribution in [1.82, 2.24) is 4.90 Å². The van der Waals surface area contributed by atoms with Crippen LogP contribution in [0.2, 0.25) is 0 Å². The number of aryl methyl sites for hydroxylation is 1. The monoisotopic (exact) mass is 302 g/mol. The van der Waals surface area contributed by atoms with Gasteiger partial charge in [0.25, 0.3) is 0 Å². The molecule has 1 heterocycles. The predicted octanol–water partition coefficient (Wildman–Crippen LogP) is 3.14. The molecule has 1 aromatic carbocycles. The number of likely N-dealkylation sites (tertiary alicyclic amines) is 1. The SMILES string of the molecule is CCC1CCCCN1C(=O)CN(C(C)=O)c1ccccc1C. The maximum atomic E-state index is 12.7. The Hall–Kier alpha value is -1.84. The summed E-state index contributed by atoms with van der Waals surface area (Å²) in [5.41, 5.74) is 1.84. The number of piperidine rings is 1. The highest BCUT2D eigenvalue weighted by molar-refractivity contribution is 5.98. The van der Waals surface area contributed by atoms with Gasteiger partial charge in [0.05, 0.1) is 0 Å². The van der Waals surface area contributed by atoms with Crippen molar-refractivity contribution >= 4 is 17.5 Å². The van der Waals surface area contributed by atoms with Crippen LogP contribution in [0.15, 0.2) is 24.3 Å². The standard InChI is InChI=1S/C18H26N2O2/c1-4-16-10-7-8-12-19(16)18(22)13-20(15(3)21)17-11-6-5-9-14(17)2/h5-6,9,11,16H,4,7-8,10,12-13H2,1-3H3. The second kappa shape index (κ2) is 7.43. The molecule has 1 saturated heterocycles. The molecule has 1 fully saturated rings. The van der Waals surface area contributed by atoms with E-state index in [-0.39, 0.29) is 18.4 Å². The van der Waals surface area contributed by atoms with E-state index in [1.165, 1.54) is 13.3 Å². The first-order chi connectivity index (χ1) is 10.5. The second-order valence-electron chi connectivity index (χ2n) is 6.04. The largest absolute Gasteiger partial charge is 0.338 e. The van der Waals surface area contributed by atoms with E-state index in [0.717, 1.165) is 37.1 Å². The van der Waals surface area contributed by atoms with Crippen molar-refractivity contribution in [3.63, 3.8) is 0 Å². The first-order valence-corrected chi connectivity index (χ1v) is 8.17. The van der Waals surface area contributed by atoms with Gasteiger partial charge in [0, 0.05) is 25.2 Å². The fourth-order valence-electron chi connectivity index (χ4n) is 3.21. The van der Waals surface area contributed by atoms with Gasteiger partial charge in [0.2, 0.25) is 11.8 Å². The van der Waals surface area contributed by atoms with Crippen molar-refractivity contribution in [2.75, 3.05) is 18.0 Å². The number of benzene rings is 1. The van der Waals surface area contributed by atoms with Crippen LogP contribution >= 0.6 is 0 Å². The summed E-state index contributed by atoms with van der Waals surface area (Å²) < 4.78 is 0. The Morgan fingerprint density at radius 1 is 1.27 bits per heavy atom. The van der Waals surface area contributed by atoms with Crippen LogP contribution in [0.25, 0.3) is 0 Å². The summed E-state index contributed by atoms with van der Waals surface area (Å²) in [5.74, 6) is -0.0299. The van der Waals surface area contributed by atoms with Crippen LogP contribution in [0.1, 0.15) is 45.1 Å². The van der Waals surface area contributed by atoms with E-state index >= 15 is 0 Å². The summed E-state index contributed by atoms with van der Waals surface area (Å²) in [6.07, 6.45) is 4.31. The van der Waals surface area contributed by atoms with E-state index in [1.54, 1.807) is 4.90 Å². The smallest absolute Gasteiger partial charge is 0.242 e. The molecule has 2 rings (SSSR count). The van der Waals surface area contributed by atoms with Crippen molar-refractivity contribution in [1.29, 1.82) is 0 Å². The third-order valence-corrected chi connectivity index (χ3v) is 4.50. The third-order valence-electron chi connectivity index (χ3n) is 4.50. The topological polar surface area (TPSA) is 40.6 Å². The molecule has 4 heteroatoms. The van der Waals surface area contributed by atoms with Gasteiger partial charge in [0.15, 0.2) is 0 Å². The Balaban J connectivity index is 2.16. The lowest BCUT2D eigenvalue weighted by molar-refractivity contribution is -0.134. The minimum atomic E-state index is -0.0901. The molecule has 1 aliphatic rings. The van der Waals surface area contributed by atoms with Gasteiger partial charge in [-0.15, -0.1) is 0 Å². The Bertz CT molecular complexity index is 542. The third kappa shape index (κ3) is 3.67. The van der Waals surface area contributed by atoms with Gasteiger partial charge in [-0.05, 0) is 44.2 Å². The highest BCUT2D eigenvalue weighted by atomic mass is 16.2. The molecule has 22 heavy (non-hydrogen) atoms. The van der Waals surface area contributed by atoms with E-state index in [0.29, 0.717) is 6.04 Å². The Kier molecular flexibility index (Phi) is 5.58. The predicted molar refractivity (Wildman–Crippen MR) is 88.8 cm³/mol. The number of rotatable bonds is 4. The summed E-state index contributed by atoms with van der Waals surface area (Å²) in [4.78, 5) is 28.3. The molecular formula is C18H26N2O2. The normalized spacial score (nSPS) is 18.1. The quantitative estimate of drug-likeness (QED) is 0.857. The summed E-state index contributed by atoms with van der Waals surface area (Å²) in [5, 5.41) is 0. The van der Waals surface area contributed by atoms with E-state index < -0.39 is 0 Å². The van der Waals surface area contributed by atoms with Crippen molar-refractivity contribution in [2.45, 2.75) is 52.5 Å². The molecule has 0 N–H and O–H groups in total. The molecule has 2 amide bonds. The van der Waals surface area contributed by atoms with Gasteiger partial charge in [-0.25, -0.2) is 0 Å². The number of carbonyl (C=O) groups is 2. The lowest BCUT2D eigenvalue weighted by Crippen LogP contribution is -2.48. The Labute approximate surface area is 133 Å². The molecule has 0 aliphatic carbocycles. The molecule has 120 valence electrons. The average molecular weight is 302 g/mol. The minimum absolute atomic E-state index is 0.0602. The zero-order chi connectivity index (χ0) is 16.1. The molecule has 0 radical (unpaired) electrons.